The van der Waals surface area contributed by atoms with Gasteiger partial charge in [-0.3, -0.25) is 9.69 Å². The molecule has 0 aromatic carbocycles. The maximum atomic E-state index is 12.8. The van der Waals surface area contributed by atoms with Crippen LogP contribution in [0.15, 0.2) is 0 Å². The highest BCUT2D eigenvalue weighted by atomic mass is 19.4. The van der Waals surface area contributed by atoms with Crippen LogP contribution in [0.5, 0.6) is 0 Å². The van der Waals surface area contributed by atoms with Crippen molar-refractivity contribution in [3.8, 4) is 0 Å². The molecule has 116 valence electrons. The number of carboxylic acid groups (broad SMARTS) is 1. The molecule has 0 aromatic heterocycles. The summed E-state index contributed by atoms with van der Waals surface area (Å²) in [5.74, 6) is -2.35. The molecule has 1 saturated heterocycles. The highest BCUT2D eigenvalue weighted by Gasteiger charge is 2.46. The molecule has 7 heteroatoms. The van der Waals surface area contributed by atoms with E-state index in [-0.39, 0.29) is 25.4 Å². The smallest absolute Gasteiger partial charge is 0.393 e. The lowest BCUT2D eigenvalue weighted by Gasteiger charge is -2.44. The number of likely N-dealkylation sites (tertiary alicyclic amines) is 1. The first kappa shape index (κ1) is 15.6. The van der Waals surface area contributed by atoms with E-state index in [2.05, 4.69) is 0 Å². The first-order chi connectivity index (χ1) is 9.22. The molecule has 1 aliphatic carbocycles. The van der Waals surface area contributed by atoms with Crippen LogP contribution in [0, 0.1) is 5.92 Å². The Morgan fingerprint density at radius 3 is 2.60 bits per heavy atom. The van der Waals surface area contributed by atoms with Crippen LogP contribution in [0.1, 0.15) is 38.5 Å². The molecule has 0 bridgehead atoms. The van der Waals surface area contributed by atoms with Gasteiger partial charge < -0.3 is 10.8 Å². The molecule has 1 saturated carbocycles. The molecule has 4 nitrogen and oxygen atoms in total. The Balaban J connectivity index is 2.02. The standard InChI is InChI=1S/C13H21F3N2O2/c14-13(15,16)9-3-2-6-18(8-9)10-4-1-5-12(17,7-10)11(19)20/h9-10H,1-8,17H2,(H,19,20). The van der Waals surface area contributed by atoms with Gasteiger partial charge in [-0.25, -0.2) is 0 Å². The van der Waals surface area contributed by atoms with Crippen molar-refractivity contribution in [1.29, 1.82) is 0 Å². The minimum Gasteiger partial charge on any atom is -0.480 e. The maximum Gasteiger partial charge on any atom is 0.393 e. The van der Waals surface area contributed by atoms with E-state index in [4.69, 9.17) is 5.73 Å². The summed E-state index contributed by atoms with van der Waals surface area (Å²) in [6.45, 7) is 0.580. The maximum absolute atomic E-state index is 12.8. The third-order valence-corrected chi connectivity index (χ3v) is 4.62. The molecule has 2 fully saturated rings. The molecule has 3 unspecified atom stereocenters. The van der Waals surface area contributed by atoms with Gasteiger partial charge in [0.25, 0.3) is 0 Å². The number of nitrogens with zero attached hydrogens (tertiary/aromatic N) is 1. The fraction of sp³-hybridized carbons (Fsp3) is 0.923. The molecule has 0 amide bonds. The normalized spacial score (nSPS) is 36.8. The predicted molar refractivity (Wildman–Crippen MR) is 67.2 cm³/mol. The van der Waals surface area contributed by atoms with Crippen molar-refractivity contribution >= 4 is 5.97 Å². The third-order valence-electron chi connectivity index (χ3n) is 4.62. The van der Waals surface area contributed by atoms with Crippen molar-refractivity contribution in [2.45, 2.75) is 56.3 Å². The van der Waals surface area contributed by atoms with Gasteiger partial charge in [-0.15, -0.1) is 0 Å². The fourth-order valence-corrected chi connectivity index (χ4v) is 3.39. The monoisotopic (exact) mass is 294 g/mol. The molecular weight excluding hydrogens is 273 g/mol. The predicted octanol–water partition coefficient (Wildman–Crippen LogP) is 1.99. The van der Waals surface area contributed by atoms with Crippen molar-refractivity contribution in [2.24, 2.45) is 11.7 Å². The van der Waals surface area contributed by atoms with Crippen LogP contribution >= 0.6 is 0 Å². The summed E-state index contributed by atoms with van der Waals surface area (Å²) in [6.07, 6.45) is -1.47. The van der Waals surface area contributed by atoms with E-state index >= 15 is 0 Å². The molecule has 3 atom stereocenters. The summed E-state index contributed by atoms with van der Waals surface area (Å²) >= 11 is 0. The lowest BCUT2D eigenvalue weighted by molar-refractivity contribution is -0.189. The molecule has 2 aliphatic rings. The van der Waals surface area contributed by atoms with Gasteiger partial charge >= 0.3 is 12.1 Å². The second-order valence-corrected chi connectivity index (χ2v) is 6.09. The number of carboxylic acids is 1. The van der Waals surface area contributed by atoms with E-state index in [1.54, 1.807) is 4.90 Å². The topological polar surface area (TPSA) is 66.6 Å². The summed E-state index contributed by atoms with van der Waals surface area (Å²) in [5, 5.41) is 9.17. The summed E-state index contributed by atoms with van der Waals surface area (Å²) in [6, 6.07) is -0.144. The van der Waals surface area contributed by atoms with E-state index in [0.717, 1.165) is 6.42 Å². The van der Waals surface area contributed by atoms with Crippen LogP contribution in [-0.4, -0.2) is 46.8 Å². The first-order valence-corrected chi connectivity index (χ1v) is 7.05. The van der Waals surface area contributed by atoms with Gasteiger partial charge in [0.2, 0.25) is 0 Å². The number of hydrogen-bond acceptors (Lipinski definition) is 3. The highest BCUT2D eigenvalue weighted by molar-refractivity contribution is 5.78. The first-order valence-electron chi connectivity index (χ1n) is 7.05. The highest BCUT2D eigenvalue weighted by Crippen LogP contribution is 2.37. The molecule has 3 N–H and O–H groups in total. The van der Waals surface area contributed by atoms with E-state index < -0.39 is 23.6 Å². The SMILES string of the molecule is NC1(C(=O)O)CCCC(N2CCCC(C(F)(F)F)C2)C1. The van der Waals surface area contributed by atoms with Crippen molar-refractivity contribution in [3.05, 3.63) is 0 Å². The Morgan fingerprint density at radius 1 is 1.30 bits per heavy atom. The molecule has 0 spiro atoms. The second-order valence-electron chi connectivity index (χ2n) is 6.09. The van der Waals surface area contributed by atoms with Crippen LogP contribution in [0.2, 0.25) is 0 Å². The average Bonchev–Trinajstić information content (AvgIpc) is 2.38. The summed E-state index contributed by atoms with van der Waals surface area (Å²) in [4.78, 5) is 13.0. The number of halogens is 3. The zero-order chi connectivity index (χ0) is 15.0. The Morgan fingerprint density at radius 2 is 2.00 bits per heavy atom. The van der Waals surface area contributed by atoms with Crippen LogP contribution in [0.4, 0.5) is 13.2 Å². The number of rotatable bonds is 2. The fourth-order valence-electron chi connectivity index (χ4n) is 3.39. The quantitative estimate of drug-likeness (QED) is 0.817. The molecular formula is C13H21F3N2O2. The van der Waals surface area contributed by atoms with Crippen LogP contribution in [0.25, 0.3) is 0 Å². The zero-order valence-corrected chi connectivity index (χ0v) is 11.3. The van der Waals surface area contributed by atoms with Gasteiger partial charge in [0.1, 0.15) is 5.54 Å². The largest absolute Gasteiger partial charge is 0.480 e. The molecule has 0 aromatic rings. The van der Waals surface area contributed by atoms with Gasteiger partial charge in [0, 0.05) is 12.6 Å². The lowest BCUT2D eigenvalue weighted by Crippen LogP contribution is -2.57. The van der Waals surface area contributed by atoms with E-state index in [1.807, 2.05) is 0 Å². The van der Waals surface area contributed by atoms with Gasteiger partial charge in [-0.05, 0) is 45.1 Å². The Kier molecular flexibility index (Phi) is 4.30. The van der Waals surface area contributed by atoms with Gasteiger partial charge in [0.05, 0.1) is 5.92 Å². The zero-order valence-electron chi connectivity index (χ0n) is 11.3. The van der Waals surface area contributed by atoms with Crippen LogP contribution in [0.3, 0.4) is 0 Å². The molecule has 1 heterocycles. The lowest BCUT2D eigenvalue weighted by atomic mass is 9.78. The number of nitrogens with two attached hydrogens (primary N) is 1. The minimum atomic E-state index is -4.17. The van der Waals surface area contributed by atoms with Crippen molar-refractivity contribution in [1.82, 2.24) is 4.90 Å². The molecule has 2 rings (SSSR count). The third kappa shape index (κ3) is 3.25. The minimum absolute atomic E-state index is 0.0239. The van der Waals surface area contributed by atoms with Gasteiger partial charge in [-0.2, -0.15) is 13.2 Å². The molecule has 0 radical (unpaired) electrons. The summed E-state index contributed by atoms with van der Waals surface area (Å²) in [5.41, 5.74) is 4.59. The van der Waals surface area contributed by atoms with E-state index in [9.17, 15) is 23.1 Å². The van der Waals surface area contributed by atoms with Gasteiger partial charge in [-0.1, -0.05) is 0 Å². The Hall–Kier alpha value is -0.820. The average molecular weight is 294 g/mol. The number of hydrogen-bond donors (Lipinski definition) is 2. The Labute approximate surface area is 116 Å². The Bertz CT molecular complexity index is 375. The van der Waals surface area contributed by atoms with E-state index in [1.165, 1.54) is 0 Å². The van der Waals surface area contributed by atoms with E-state index in [0.29, 0.717) is 25.8 Å². The van der Waals surface area contributed by atoms with Crippen LogP contribution in [-0.2, 0) is 4.79 Å². The van der Waals surface area contributed by atoms with Gasteiger partial charge in [0.15, 0.2) is 0 Å². The second kappa shape index (κ2) is 5.52. The van der Waals surface area contributed by atoms with Crippen molar-refractivity contribution in [2.75, 3.05) is 13.1 Å². The summed E-state index contributed by atoms with van der Waals surface area (Å²) < 4.78 is 38.4. The number of aliphatic carboxylic acids is 1. The molecule has 20 heavy (non-hydrogen) atoms. The number of piperidine rings is 1. The van der Waals surface area contributed by atoms with Crippen molar-refractivity contribution in [3.63, 3.8) is 0 Å². The van der Waals surface area contributed by atoms with Crippen molar-refractivity contribution < 1.29 is 23.1 Å². The number of alkyl halides is 3. The number of carbonyl (C=O) groups is 1. The molecule has 1 aliphatic heterocycles. The van der Waals surface area contributed by atoms with Crippen LogP contribution < -0.4 is 5.73 Å². The summed E-state index contributed by atoms with van der Waals surface area (Å²) in [7, 11) is 0.